The molecule has 1 heteroatoms. The maximum Gasteiger partial charge on any atom is 0.0712 e. The van der Waals surface area contributed by atoms with Crippen LogP contribution in [-0.4, -0.2) is 4.98 Å². The van der Waals surface area contributed by atoms with E-state index < -0.39 is 0 Å². The topological polar surface area (TPSA) is 12.9 Å². The van der Waals surface area contributed by atoms with Crippen molar-refractivity contribution in [3.8, 4) is 22.4 Å². The number of hydrogen-bond acceptors (Lipinski definition) is 1. The molecule has 0 aliphatic heterocycles. The SMILES string of the molecule is c1ccc(CCc2cc(-c3ccccc3)ccc2-c2ccc3ccccc3n2)cc1. The van der Waals surface area contributed by atoms with Crippen LogP contribution in [0, 0.1) is 0 Å². The van der Waals surface area contributed by atoms with Gasteiger partial charge in [-0.15, -0.1) is 0 Å². The molecule has 1 nitrogen and oxygen atoms in total. The van der Waals surface area contributed by atoms with Crippen LogP contribution in [0.4, 0.5) is 0 Å². The summed E-state index contributed by atoms with van der Waals surface area (Å²) in [5, 5.41) is 1.17. The minimum atomic E-state index is 0.981. The highest BCUT2D eigenvalue weighted by Crippen LogP contribution is 2.30. The summed E-state index contributed by atoms with van der Waals surface area (Å²) >= 11 is 0. The third-order valence-electron chi connectivity index (χ3n) is 5.61. The fraction of sp³-hybridized carbons (Fsp3) is 0.0690. The van der Waals surface area contributed by atoms with Crippen molar-refractivity contribution in [2.45, 2.75) is 12.8 Å². The molecule has 0 spiro atoms. The third kappa shape index (κ3) is 3.88. The predicted molar refractivity (Wildman–Crippen MR) is 126 cm³/mol. The van der Waals surface area contributed by atoms with Crippen molar-refractivity contribution in [1.82, 2.24) is 4.98 Å². The predicted octanol–water partition coefficient (Wildman–Crippen LogP) is 7.35. The smallest absolute Gasteiger partial charge is 0.0712 e. The Labute approximate surface area is 177 Å². The average Bonchev–Trinajstić information content (AvgIpc) is 2.83. The largest absolute Gasteiger partial charge is 0.248 e. The molecule has 0 bridgehead atoms. The number of benzene rings is 4. The van der Waals surface area contributed by atoms with E-state index >= 15 is 0 Å². The summed E-state index contributed by atoms with van der Waals surface area (Å²) in [5.41, 5.74) is 8.49. The van der Waals surface area contributed by atoms with E-state index in [4.69, 9.17) is 4.98 Å². The molecule has 0 unspecified atom stereocenters. The summed E-state index contributed by atoms with van der Waals surface area (Å²) in [4.78, 5) is 4.96. The van der Waals surface area contributed by atoms with E-state index in [9.17, 15) is 0 Å². The molecule has 30 heavy (non-hydrogen) atoms. The molecule has 1 aromatic heterocycles. The number of fused-ring (bicyclic) bond motifs is 1. The van der Waals surface area contributed by atoms with Crippen LogP contribution in [0.2, 0.25) is 0 Å². The van der Waals surface area contributed by atoms with Gasteiger partial charge >= 0.3 is 0 Å². The van der Waals surface area contributed by atoms with Gasteiger partial charge in [0.25, 0.3) is 0 Å². The maximum atomic E-state index is 4.96. The van der Waals surface area contributed by atoms with Crippen molar-refractivity contribution < 1.29 is 0 Å². The molecule has 0 aliphatic carbocycles. The second kappa shape index (κ2) is 8.34. The van der Waals surface area contributed by atoms with Crippen LogP contribution < -0.4 is 0 Å². The second-order valence-electron chi connectivity index (χ2n) is 7.61. The molecule has 0 amide bonds. The highest BCUT2D eigenvalue weighted by molar-refractivity contribution is 5.82. The minimum Gasteiger partial charge on any atom is -0.248 e. The number of rotatable bonds is 5. The number of para-hydroxylation sites is 1. The Morgan fingerprint density at radius 2 is 1.27 bits per heavy atom. The van der Waals surface area contributed by atoms with Gasteiger partial charge < -0.3 is 0 Å². The molecule has 1 heterocycles. The normalized spacial score (nSPS) is 10.9. The first kappa shape index (κ1) is 18.3. The molecule has 0 saturated heterocycles. The van der Waals surface area contributed by atoms with E-state index in [1.807, 2.05) is 6.07 Å². The molecule has 0 atom stereocenters. The van der Waals surface area contributed by atoms with Gasteiger partial charge in [-0.3, -0.25) is 0 Å². The Balaban J connectivity index is 1.57. The van der Waals surface area contributed by atoms with E-state index in [1.54, 1.807) is 0 Å². The zero-order valence-corrected chi connectivity index (χ0v) is 16.8. The zero-order chi connectivity index (χ0) is 20.2. The lowest BCUT2D eigenvalue weighted by Crippen LogP contribution is -1.97. The standard InChI is InChI=1S/C29H23N/c1-3-9-22(10-4-1)15-16-26-21-25(23-11-5-2-6-12-23)17-19-27(26)29-20-18-24-13-7-8-14-28(24)30-29/h1-14,17-21H,15-16H2. The molecule has 0 radical (unpaired) electrons. The van der Waals surface area contributed by atoms with Gasteiger partial charge in [0, 0.05) is 10.9 Å². The summed E-state index contributed by atoms with van der Waals surface area (Å²) in [7, 11) is 0. The Hall–Kier alpha value is -3.71. The van der Waals surface area contributed by atoms with Crippen LogP contribution in [0.3, 0.4) is 0 Å². The number of nitrogens with zero attached hydrogens (tertiary/aromatic N) is 1. The first-order valence-electron chi connectivity index (χ1n) is 10.5. The van der Waals surface area contributed by atoms with Crippen molar-refractivity contribution in [3.05, 3.63) is 126 Å². The van der Waals surface area contributed by atoms with Crippen LogP contribution in [-0.2, 0) is 12.8 Å². The van der Waals surface area contributed by atoms with E-state index in [-0.39, 0.29) is 0 Å². The van der Waals surface area contributed by atoms with Gasteiger partial charge in [-0.25, -0.2) is 4.98 Å². The highest BCUT2D eigenvalue weighted by Gasteiger charge is 2.10. The Morgan fingerprint density at radius 3 is 2.10 bits per heavy atom. The van der Waals surface area contributed by atoms with E-state index in [1.165, 1.54) is 33.2 Å². The molecular weight excluding hydrogens is 362 g/mol. The lowest BCUT2D eigenvalue weighted by Gasteiger charge is -2.13. The lowest BCUT2D eigenvalue weighted by atomic mass is 9.93. The van der Waals surface area contributed by atoms with Gasteiger partial charge in [0.05, 0.1) is 11.2 Å². The summed E-state index contributed by atoms with van der Waals surface area (Å²) in [6.45, 7) is 0. The average molecular weight is 386 g/mol. The van der Waals surface area contributed by atoms with Crippen LogP contribution in [0.15, 0.2) is 115 Å². The quantitative estimate of drug-likeness (QED) is 0.308. The number of hydrogen-bond donors (Lipinski definition) is 0. The summed E-state index contributed by atoms with van der Waals surface area (Å²) in [6, 6.07) is 40.7. The number of pyridine rings is 1. The van der Waals surface area contributed by atoms with Crippen LogP contribution in [0.25, 0.3) is 33.3 Å². The number of aryl methyl sites for hydroxylation is 2. The van der Waals surface area contributed by atoms with Gasteiger partial charge in [-0.1, -0.05) is 103 Å². The second-order valence-corrected chi connectivity index (χ2v) is 7.61. The minimum absolute atomic E-state index is 0.981. The van der Waals surface area contributed by atoms with Crippen molar-refractivity contribution in [1.29, 1.82) is 0 Å². The Kier molecular flexibility index (Phi) is 5.10. The molecule has 0 saturated carbocycles. The van der Waals surface area contributed by atoms with Gasteiger partial charge in [-0.2, -0.15) is 0 Å². The van der Waals surface area contributed by atoms with E-state index in [0.29, 0.717) is 0 Å². The van der Waals surface area contributed by atoms with Crippen molar-refractivity contribution >= 4 is 10.9 Å². The van der Waals surface area contributed by atoms with Crippen LogP contribution in [0.1, 0.15) is 11.1 Å². The van der Waals surface area contributed by atoms with E-state index in [2.05, 4.69) is 109 Å². The fourth-order valence-corrected chi connectivity index (χ4v) is 4.00. The maximum absolute atomic E-state index is 4.96. The molecule has 144 valence electrons. The summed E-state index contributed by atoms with van der Waals surface area (Å²) < 4.78 is 0. The fourth-order valence-electron chi connectivity index (χ4n) is 4.00. The van der Waals surface area contributed by atoms with E-state index in [0.717, 1.165) is 24.1 Å². The lowest BCUT2D eigenvalue weighted by molar-refractivity contribution is 0.961. The van der Waals surface area contributed by atoms with Gasteiger partial charge in [0.15, 0.2) is 0 Å². The first-order valence-corrected chi connectivity index (χ1v) is 10.5. The molecule has 0 fully saturated rings. The molecule has 0 N–H and O–H groups in total. The first-order chi connectivity index (χ1) is 14.9. The van der Waals surface area contributed by atoms with Crippen molar-refractivity contribution in [2.24, 2.45) is 0 Å². The van der Waals surface area contributed by atoms with Gasteiger partial charge in [-0.05, 0) is 47.2 Å². The summed E-state index contributed by atoms with van der Waals surface area (Å²) in [5.74, 6) is 0. The van der Waals surface area contributed by atoms with Gasteiger partial charge in [0.1, 0.15) is 0 Å². The zero-order valence-electron chi connectivity index (χ0n) is 16.8. The van der Waals surface area contributed by atoms with Crippen molar-refractivity contribution in [2.75, 3.05) is 0 Å². The molecule has 0 aliphatic rings. The highest BCUT2D eigenvalue weighted by atomic mass is 14.7. The summed E-state index contributed by atoms with van der Waals surface area (Å²) in [6.07, 6.45) is 1.99. The molecular formula is C29H23N. The Morgan fingerprint density at radius 1 is 0.533 bits per heavy atom. The van der Waals surface area contributed by atoms with Gasteiger partial charge in [0.2, 0.25) is 0 Å². The van der Waals surface area contributed by atoms with Crippen LogP contribution >= 0.6 is 0 Å². The molecule has 5 aromatic rings. The number of aromatic nitrogens is 1. The van der Waals surface area contributed by atoms with Crippen LogP contribution in [0.5, 0.6) is 0 Å². The Bertz CT molecular complexity index is 1270. The monoisotopic (exact) mass is 385 g/mol. The third-order valence-corrected chi connectivity index (χ3v) is 5.61. The molecule has 5 rings (SSSR count). The molecule has 4 aromatic carbocycles. The van der Waals surface area contributed by atoms with Crippen molar-refractivity contribution in [3.63, 3.8) is 0 Å².